The Labute approximate surface area is 358 Å². The normalized spacial score (nSPS) is 11.0. The van der Waals surface area contributed by atoms with E-state index in [4.69, 9.17) is 41.1 Å². The van der Waals surface area contributed by atoms with Crippen LogP contribution in [0.2, 0.25) is 0 Å². The fourth-order valence-corrected chi connectivity index (χ4v) is 8.99. The van der Waals surface area contributed by atoms with Crippen LogP contribution in [0.5, 0.6) is 17.2 Å². The first-order valence-electron chi connectivity index (χ1n) is 21.0. The topological polar surface area (TPSA) is 89.6 Å². The van der Waals surface area contributed by atoms with Gasteiger partial charge in [0, 0.05) is 37.7 Å². The van der Waals surface area contributed by atoms with Gasteiger partial charge in [-0.3, -0.25) is 0 Å². The number of aromatic hydroxyl groups is 3. The minimum atomic E-state index is 0.143. The second kappa shape index (κ2) is 25.0. The quantitative estimate of drug-likeness (QED) is 0.0506. The molecule has 0 atom stereocenters. The zero-order valence-electron chi connectivity index (χ0n) is 34.0. The van der Waals surface area contributed by atoms with Gasteiger partial charge in [0.1, 0.15) is 17.1 Å². The molecule has 4 N–H and O–H groups in total. The van der Waals surface area contributed by atoms with E-state index in [1.54, 1.807) is 11.3 Å². The molecule has 3 aromatic carbocycles. The van der Waals surface area contributed by atoms with Crippen LogP contribution in [0.25, 0.3) is 32.0 Å². The number of aromatic nitrogens is 1. The molecular weight excluding hydrogens is 783 g/mol. The number of unbranched alkanes of at least 4 members (excludes halogenated alkanes) is 12. The Hall–Kier alpha value is -3.63. The van der Waals surface area contributed by atoms with Gasteiger partial charge in [-0.15, -0.1) is 11.3 Å². The highest BCUT2D eigenvalue weighted by atomic mass is 32.1. The van der Waals surface area contributed by atoms with Crippen LogP contribution in [0, 0.1) is 13.5 Å². The summed E-state index contributed by atoms with van der Waals surface area (Å²) < 4.78 is 8.62. The van der Waals surface area contributed by atoms with Crippen molar-refractivity contribution in [1.29, 1.82) is 0 Å². The third kappa shape index (κ3) is 13.7. The van der Waals surface area contributed by atoms with Gasteiger partial charge in [0.15, 0.2) is 11.5 Å². The van der Waals surface area contributed by atoms with Crippen molar-refractivity contribution in [2.75, 3.05) is 0 Å². The fraction of sp³-hybridized carbons (Fsp3) is 0.438. The number of rotatable bonds is 18. The second-order valence-corrected chi connectivity index (χ2v) is 17.1. The summed E-state index contributed by atoms with van der Waals surface area (Å²) in [5.41, 5.74) is 2.64. The third-order valence-corrected chi connectivity index (χ3v) is 12.7. The maximum absolute atomic E-state index is 10.2. The highest BCUT2D eigenvalue weighted by Gasteiger charge is 2.11. The van der Waals surface area contributed by atoms with Crippen LogP contribution in [0.4, 0.5) is 0 Å². The lowest BCUT2D eigenvalue weighted by molar-refractivity contribution is 0.414. The molecule has 0 fully saturated rings. The van der Waals surface area contributed by atoms with Crippen molar-refractivity contribution in [3.05, 3.63) is 103 Å². The Morgan fingerprint density at radius 3 is 1.65 bits per heavy atom. The largest absolute Gasteiger partial charge is 0.505 e. The molecule has 306 valence electrons. The van der Waals surface area contributed by atoms with E-state index in [0.29, 0.717) is 25.0 Å². The maximum Gasteiger partial charge on any atom is 0.173 e. The van der Waals surface area contributed by atoms with Crippen molar-refractivity contribution in [2.45, 2.75) is 136 Å². The first-order valence-corrected chi connectivity index (χ1v) is 23.1. The van der Waals surface area contributed by atoms with Crippen LogP contribution >= 0.6 is 48.0 Å². The third-order valence-electron chi connectivity index (χ3n) is 10.2. The number of hydrogen-bond acceptors (Lipinski definition) is 8. The van der Waals surface area contributed by atoms with Crippen molar-refractivity contribution in [3.63, 3.8) is 0 Å². The van der Waals surface area contributed by atoms with E-state index >= 15 is 0 Å². The summed E-state index contributed by atoms with van der Waals surface area (Å²) in [7, 11) is 0. The van der Waals surface area contributed by atoms with E-state index in [2.05, 4.69) is 31.8 Å². The first-order chi connectivity index (χ1) is 27.7. The molecule has 5 nitrogen and oxygen atoms in total. The van der Waals surface area contributed by atoms with Crippen LogP contribution in [0.15, 0.2) is 77.2 Å². The molecule has 0 aliphatic heterocycles. The Bertz CT molecular complexity index is 2070. The summed E-state index contributed by atoms with van der Waals surface area (Å²) in [6.45, 7) is 6.64. The Kier molecular flexibility index (Phi) is 20.2. The summed E-state index contributed by atoms with van der Waals surface area (Å²) in [6.07, 6.45) is 20.9. The van der Waals surface area contributed by atoms with Gasteiger partial charge in [0.2, 0.25) is 0 Å². The van der Waals surface area contributed by atoms with E-state index < -0.39 is 0 Å². The first kappa shape index (κ1) is 46.1. The van der Waals surface area contributed by atoms with E-state index in [1.165, 1.54) is 81.7 Å². The minimum Gasteiger partial charge on any atom is -0.505 e. The zero-order chi connectivity index (χ0) is 41.0. The van der Waals surface area contributed by atoms with Gasteiger partial charge in [-0.05, 0) is 56.4 Å². The average Bonchev–Trinajstić information content (AvgIpc) is 3.23. The number of fused-ring (bicyclic) bond motifs is 3. The van der Waals surface area contributed by atoms with E-state index in [-0.39, 0.29) is 11.5 Å². The second-order valence-electron chi connectivity index (χ2n) is 14.7. The van der Waals surface area contributed by atoms with Gasteiger partial charge in [0.25, 0.3) is 0 Å². The monoisotopic (exact) mass is 843 g/mol. The van der Waals surface area contributed by atoms with Crippen molar-refractivity contribution in [2.24, 2.45) is 0 Å². The van der Waals surface area contributed by atoms with Gasteiger partial charge in [0.05, 0.1) is 19.2 Å². The zero-order valence-corrected chi connectivity index (χ0v) is 37.3. The SMILES string of the molecule is CCCCCCCc1[nH]c2ccccc2c(=S)c1O.CCCCCCCc1oc2ccccc2c(=S)c1O.CCCCCCCc1sc2ccccc2c(=S)c1O. The maximum atomic E-state index is 10.2. The number of aryl methyl sites for hydroxylation is 3. The van der Waals surface area contributed by atoms with E-state index in [1.807, 2.05) is 66.7 Å². The molecule has 0 spiro atoms. The van der Waals surface area contributed by atoms with Crippen molar-refractivity contribution in [1.82, 2.24) is 4.98 Å². The van der Waals surface area contributed by atoms with Crippen molar-refractivity contribution < 1.29 is 19.7 Å². The lowest BCUT2D eigenvalue weighted by Crippen LogP contribution is -1.94. The molecule has 9 heteroatoms. The summed E-state index contributed by atoms with van der Waals surface area (Å²) in [4.78, 5) is 4.35. The average molecular weight is 844 g/mol. The summed E-state index contributed by atoms with van der Waals surface area (Å²) in [5, 5.41) is 33.2. The van der Waals surface area contributed by atoms with E-state index in [9.17, 15) is 15.3 Å². The molecule has 0 saturated heterocycles. The van der Waals surface area contributed by atoms with Gasteiger partial charge in [-0.25, -0.2) is 0 Å². The number of para-hydroxylation sites is 2. The fourth-order valence-electron chi connectivity index (χ4n) is 6.84. The number of hydrogen-bond donors (Lipinski definition) is 4. The van der Waals surface area contributed by atoms with Crippen molar-refractivity contribution in [3.8, 4) is 17.2 Å². The molecule has 0 amide bonds. The van der Waals surface area contributed by atoms with Gasteiger partial charge < -0.3 is 24.7 Å². The summed E-state index contributed by atoms with van der Waals surface area (Å²) in [5.74, 6) is 1.35. The van der Waals surface area contributed by atoms with Crippen LogP contribution in [0.1, 0.15) is 133 Å². The molecule has 6 aromatic rings. The predicted octanol–water partition coefficient (Wildman–Crippen LogP) is 16.3. The standard InChI is InChI=1S/C16H21NOS.C16H20O2S.C16H20OS2/c1-2-3-4-5-6-11-14-15(18)16(19)12-9-7-8-10-13(12)17-14;1-2-3-4-5-6-11-14-15(17)16(19)12-9-7-8-10-13(12)18-14;1-2-3-4-5-6-11-14-15(17)16(18)12-9-7-8-10-13(12)19-14/h7-10,18H,2-6,11H2,1H3,(H,17,19);2*7-10,17H,2-6,11H2,1H3. The Morgan fingerprint density at radius 1 is 0.509 bits per heavy atom. The Balaban J connectivity index is 0.000000189. The van der Waals surface area contributed by atoms with E-state index in [0.717, 1.165) is 76.4 Å². The Morgan fingerprint density at radius 2 is 1.00 bits per heavy atom. The number of nitrogens with one attached hydrogen (secondary N) is 1. The van der Waals surface area contributed by atoms with Crippen LogP contribution in [-0.4, -0.2) is 20.3 Å². The molecule has 0 saturated carbocycles. The smallest absolute Gasteiger partial charge is 0.173 e. The van der Waals surface area contributed by atoms with Gasteiger partial charge in [-0.2, -0.15) is 0 Å². The summed E-state index contributed by atoms with van der Waals surface area (Å²) >= 11 is 17.7. The molecule has 0 unspecified atom stereocenters. The highest BCUT2D eigenvalue weighted by Crippen LogP contribution is 2.34. The molecule has 3 heterocycles. The molecule has 0 aliphatic carbocycles. The molecular formula is C48H61NO4S4. The minimum absolute atomic E-state index is 0.143. The lowest BCUT2D eigenvalue weighted by Gasteiger charge is -2.08. The predicted molar refractivity (Wildman–Crippen MR) is 251 cm³/mol. The number of H-pyrrole nitrogens is 1. The number of benzene rings is 3. The highest BCUT2D eigenvalue weighted by molar-refractivity contribution is 7.72. The van der Waals surface area contributed by atoms with Crippen LogP contribution < -0.4 is 0 Å². The van der Waals surface area contributed by atoms with Crippen molar-refractivity contribution >= 4 is 79.9 Å². The molecule has 3 aromatic heterocycles. The molecule has 57 heavy (non-hydrogen) atoms. The number of aromatic amines is 1. The number of pyridine rings is 1. The van der Waals surface area contributed by atoms with Crippen LogP contribution in [-0.2, 0) is 19.3 Å². The van der Waals surface area contributed by atoms with Gasteiger partial charge >= 0.3 is 0 Å². The molecule has 6 rings (SSSR count). The molecule has 0 radical (unpaired) electrons. The van der Waals surface area contributed by atoms with Gasteiger partial charge in [-0.1, -0.05) is 183 Å². The molecule has 0 aliphatic rings. The molecule has 0 bridgehead atoms. The summed E-state index contributed by atoms with van der Waals surface area (Å²) in [6, 6.07) is 23.5. The lowest BCUT2D eigenvalue weighted by atomic mass is 10.1. The van der Waals surface area contributed by atoms with Crippen LogP contribution in [0.3, 0.4) is 0 Å².